The maximum Gasteiger partial charge on any atom is 0.301 e. The summed E-state index contributed by atoms with van der Waals surface area (Å²) in [7, 11) is -3.77. The van der Waals surface area contributed by atoms with Crippen molar-refractivity contribution in [3.8, 4) is 5.69 Å². The van der Waals surface area contributed by atoms with Crippen LogP contribution in [0.1, 0.15) is 21.7 Å². The third kappa shape index (κ3) is 5.93. The van der Waals surface area contributed by atoms with Crippen LogP contribution in [0.3, 0.4) is 0 Å². The number of imidazole rings is 1. The number of nitrogens with zero attached hydrogens (tertiary/aromatic N) is 5. The van der Waals surface area contributed by atoms with Crippen LogP contribution in [0.5, 0.6) is 0 Å². The zero-order valence-corrected chi connectivity index (χ0v) is 24.9. The molecule has 15 heteroatoms. The molecule has 0 aliphatic carbocycles. The second kappa shape index (κ2) is 12.5. The lowest BCUT2D eigenvalue weighted by atomic mass is 10.1. The number of rotatable bonds is 9. The van der Waals surface area contributed by atoms with Crippen molar-refractivity contribution in [3.05, 3.63) is 128 Å². The average molecular weight is 643 g/mol. The number of nitro benzene ring substituents is 2. The second-order valence-electron chi connectivity index (χ2n) is 10.4. The van der Waals surface area contributed by atoms with Crippen molar-refractivity contribution in [1.82, 2.24) is 13.9 Å². The molecule has 0 radical (unpaired) electrons. The molecule has 1 aromatic heterocycles. The van der Waals surface area contributed by atoms with E-state index in [0.717, 1.165) is 17.7 Å². The number of para-hydroxylation sites is 2. The van der Waals surface area contributed by atoms with Crippen molar-refractivity contribution in [3.63, 3.8) is 0 Å². The van der Waals surface area contributed by atoms with Gasteiger partial charge in [-0.05, 0) is 42.0 Å². The van der Waals surface area contributed by atoms with Gasteiger partial charge in [0.2, 0.25) is 15.7 Å². The van der Waals surface area contributed by atoms with Gasteiger partial charge in [-0.3, -0.25) is 29.6 Å². The number of sulfonamides is 1. The van der Waals surface area contributed by atoms with Crippen LogP contribution in [0.25, 0.3) is 16.7 Å². The highest BCUT2D eigenvalue weighted by atomic mass is 32.2. The van der Waals surface area contributed by atoms with Crippen molar-refractivity contribution in [1.29, 1.82) is 0 Å². The van der Waals surface area contributed by atoms with Gasteiger partial charge in [-0.1, -0.05) is 42.5 Å². The topological polar surface area (TPSA) is 180 Å². The van der Waals surface area contributed by atoms with E-state index in [-0.39, 0.29) is 54.6 Å². The first kappa shape index (κ1) is 30.5. The summed E-state index contributed by atoms with van der Waals surface area (Å²) in [6.45, 7) is 1.01. The number of hydrogen-bond acceptors (Lipinski definition) is 9. The van der Waals surface area contributed by atoms with Crippen molar-refractivity contribution in [2.45, 2.75) is 11.3 Å². The van der Waals surface area contributed by atoms with E-state index in [1.165, 1.54) is 33.1 Å². The highest BCUT2D eigenvalue weighted by Gasteiger charge is 2.33. The Hall–Kier alpha value is -5.51. The molecule has 1 saturated heterocycles. The Morgan fingerprint density at radius 1 is 0.870 bits per heavy atom. The monoisotopic (exact) mass is 642 g/mol. The molecule has 14 nitrogen and oxygen atoms in total. The lowest BCUT2D eigenvalue weighted by Gasteiger charge is -2.26. The summed E-state index contributed by atoms with van der Waals surface area (Å²) in [6.07, 6.45) is 0.226. The third-order valence-electron chi connectivity index (χ3n) is 7.50. The first-order chi connectivity index (χ1) is 22.1. The molecule has 1 aliphatic rings. The molecule has 0 atom stereocenters. The van der Waals surface area contributed by atoms with Crippen LogP contribution in [0.15, 0.2) is 95.9 Å². The highest BCUT2D eigenvalue weighted by molar-refractivity contribution is 7.89. The van der Waals surface area contributed by atoms with E-state index in [9.17, 15) is 33.4 Å². The molecule has 4 aromatic carbocycles. The molecule has 0 unspecified atom stereocenters. The highest BCUT2D eigenvalue weighted by Crippen LogP contribution is 2.38. The Bertz CT molecular complexity index is 2040. The predicted octanol–water partition coefficient (Wildman–Crippen LogP) is 4.71. The largest absolute Gasteiger partial charge is 0.379 e. The molecule has 2 heterocycles. The minimum absolute atomic E-state index is 0.0156. The van der Waals surface area contributed by atoms with E-state index in [2.05, 4.69) is 10.3 Å². The number of nitrogens with one attached hydrogen (secondary N) is 1. The number of carbonyl (C=O) groups excluding carboxylic acids is 1. The van der Waals surface area contributed by atoms with Gasteiger partial charge in [0.25, 0.3) is 5.91 Å². The molecule has 234 valence electrons. The Labute approximate surface area is 262 Å². The fourth-order valence-electron chi connectivity index (χ4n) is 5.31. The number of carbonyl (C=O) groups is 1. The molecule has 1 fully saturated rings. The van der Waals surface area contributed by atoms with Gasteiger partial charge in [0.15, 0.2) is 0 Å². The summed E-state index contributed by atoms with van der Waals surface area (Å²) < 4.78 is 33.8. The first-order valence-electron chi connectivity index (χ1n) is 14.1. The van der Waals surface area contributed by atoms with Gasteiger partial charge in [0, 0.05) is 37.3 Å². The minimum Gasteiger partial charge on any atom is -0.379 e. The number of hydrogen-bond donors (Lipinski definition) is 1. The van der Waals surface area contributed by atoms with Crippen LogP contribution in [0, 0.1) is 20.2 Å². The standard InChI is InChI=1S/C31H26N6O8S/c38-31(32-23-10-12-24(13-11-23)46(43,44)34-14-16-45-17-15-34)22-19-27(36(39)40)30(28(20-22)37(41)42)35-26-9-5-4-8-25(26)33-29(35)18-21-6-2-1-3-7-21/h1-13,19-20H,14-18H2,(H,32,38). The van der Waals surface area contributed by atoms with E-state index in [1.54, 1.807) is 24.3 Å². The van der Waals surface area contributed by atoms with Crippen LogP contribution in [0.4, 0.5) is 17.1 Å². The summed E-state index contributed by atoms with van der Waals surface area (Å²) >= 11 is 0. The van der Waals surface area contributed by atoms with Crippen molar-refractivity contribution in [2.75, 3.05) is 31.6 Å². The van der Waals surface area contributed by atoms with E-state index < -0.39 is 37.2 Å². The van der Waals surface area contributed by atoms with Crippen LogP contribution < -0.4 is 5.32 Å². The fraction of sp³-hybridized carbons (Fsp3) is 0.161. The van der Waals surface area contributed by atoms with Crippen LogP contribution >= 0.6 is 0 Å². The van der Waals surface area contributed by atoms with E-state index in [1.807, 2.05) is 30.3 Å². The normalized spacial score (nSPS) is 13.8. The predicted molar refractivity (Wildman–Crippen MR) is 168 cm³/mol. The van der Waals surface area contributed by atoms with Gasteiger partial charge >= 0.3 is 11.4 Å². The smallest absolute Gasteiger partial charge is 0.301 e. The molecule has 1 amide bonds. The Kier molecular flexibility index (Phi) is 8.27. The zero-order chi connectivity index (χ0) is 32.4. The molecule has 6 rings (SSSR count). The van der Waals surface area contributed by atoms with Crippen molar-refractivity contribution < 1.29 is 27.8 Å². The number of fused-ring (bicyclic) bond motifs is 1. The first-order valence-corrected chi connectivity index (χ1v) is 15.5. The molecule has 1 aliphatic heterocycles. The van der Waals surface area contributed by atoms with Crippen molar-refractivity contribution in [2.24, 2.45) is 0 Å². The number of nitro groups is 2. The molecular weight excluding hydrogens is 616 g/mol. The molecule has 0 bridgehead atoms. The Morgan fingerprint density at radius 2 is 1.48 bits per heavy atom. The summed E-state index contributed by atoms with van der Waals surface area (Å²) in [5, 5.41) is 27.4. The summed E-state index contributed by atoms with van der Waals surface area (Å²) in [5.41, 5.74) is -0.0605. The SMILES string of the molecule is O=C(Nc1ccc(S(=O)(=O)N2CCOCC2)cc1)c1cc([N+](=O)[O-])c(-n2c(Cc3ccccc3)nc3ccccc32)c([N+](=O)[O-])c1. The van der Waals surface area contributed by atoms with Crippen LogP contribution in [-0.2, 0) is 21.2 Å². The minimum atomic E-state index is -3.77. The second-order valence-corrected chi connectivity index (χ2v) is 12.3. The van der Waals surface area contributed by atoms with E-state index >= 15 is 0 Å². The summed E-state index contributed by atoms with van der Waals surface area (Å²) in [5.74, 6) is -0.524. The van der Waals surface area contributed by atoms with E-state index in [4.69, 9.17) is 4.74 Å². The molecule has 1 N–H and O–H groups in total. The van der Waals surface area contributed by atoms with Gasteiger partial charge < -0.3 is 10.1 Å². The maximum atomic E-state index is 13.3. The molecule has 5 aromatic rings. The molecule has 0 saturated carbocycles. The third-order valence-corrected chi connectivity index (χ3v) is 9.42. The molecular formula is C31H26N6O8S. The summed E-state index contributed by atoms with van der Waals surface area (Å²) in [6, 6.07) is 23.4. The van der Waals surface area contributed by atoms with Crippen molar-refractivity contribution >= 4 is 44.0 Å². The number of ether oxygens (including phenoxy) is 1. The average Bonchev–Trinajstić information content (AvgIpc) is 3.42. The quantitative estimate of drug-likeness (QED) is 0.176. The van der Waals surface area contributed by atoms with Gasteiger partial charge in [-0.15, -0.1) is 0 Å². The zero-order valence-electron chi connectivity index (χ0n) is 24.1. The van der Waals surface area contributed by atoms with E-state index in [0.29, 0.717) is 16.9 Å². The lowest BCUT2D eigenvalue weighted by Crippen LogP contribution is -2.40. The Morgan fingerprint density at radius 3 is 2.11 bits per heavy atom. The molecule has 0 spiro atoms. The van der Waals surface area contributed by atoms with Gasteiger partial charge in [-0.2, -0.15) is 4.31 Å². The Balaban J connectivity index is 1.38. The number of amides is 1. The van der Waals surface area contributed by atoms with Gasteiger partial charge in [0.05, 0.1) is 44.6 Å². The summed E-state index contributed by atoms with van der Waals surface area (Å²) in [4.78, 5) is 41.3. The number of anilines is 1. The fourth-order valence-corrected chi connectivity index (χ4v) is 6.72. The number of morpholine rings is 1. The van der Waals surface area contributed by atoms with Crippen LogP contribution in [0.2, 0.25) is 0 Å². The number of benzene rings is 4. The maximum absolute atomic E-state index is 13.3. The number of aromatic nitrogens is 2. The van der Waals surface area contributed by atoms with Gasteiger partial charge in [-0.25, -0.2) is 13.4 Å². The van der Waals surface area contributed by atoms with Crippen LogP contribution in [-0.4, -0.2) is 64.3 Å². The van der Waals surface area contributed by atoms with Gasteiger partial charge in [0.1, 0.15) is 5.82 Å². The lowest BCUT2D eigenvalue weighted by molar-refractivity contribution is -0.393. The molecule has 46 heavy (non-hydrogen) atoms.